The molecule has 1 heterocycles. The van der Waals surface area contributed by atoms with Crippen molar-refractivity contribution in [2.24, 2.45) is 0 Å². The smallest absolute Gasteiger partial charge is 0.228 e. The molecule has 1 N–H and O–H groups in total. The van der Waals surface area contributed by atoms with E-state index in [1.54, 1.807) is 7.11 Å². The summed E-state index contributed by atoms with van der Waals surface area (Å²) in [5, 5.41) is 5.27. The third kappa shape index (κ3) is 11.5. The number of nitrogens with one attached hydrogen (secondary N) is 1. The molecule has 0 bridgehead atoms. The zero-order chi connectivity index (χ0) is 28.4. The number of anilines is 1. The lowest BCUT2D eigenvalue weighted by atomic mass is 10.1. The second-order valence-corrected chi connectivity index (χ2v) is 11.7. The Morgan fingerprint density at radius 3 is 2.25 bits per heavy atom. The first-order valence-corrected chi connectivity index (χ1v) is 16.4. The van der Waals surface area contributed by atoms with Crippen LogP contribution in [0.3, 0.4) is 0 Å². The Morgan fingerprint density at radius 2 is 1.60 bits per heavy atom. The molecule has 1 aliphatic rings. The molecule has 0 unspecified atom stereocenters. The fourth-order valence-corrected chi connectivity index (χ4v) is 6.02. The van der Waals surface area contributed by atoms with Crippen molar-refractivity contribution < 1.29 is 14.3 Å². The van der Waals surface area contributed by atoms with Gasteiger partial charge in [0.05, 0.1) is 26.0 Å². The molecule has 0 atom stereocenters. The maximum atomic E-state index is 13.0. The van der Waals surface area contributed by atoms with Crippen molar-refractivity contribution in [2.75, 3.05) is 24.9 Å². The third-order valence-corrected chi connectivity index (χ3v) is 8.41. The molecule has 0 saturated carbocycles. The van der Waals surface area contributed by atoms with Crippen LogP contribution in [0.4, 0.5) is 5.69 Å². The maximum Gasteiger partial charge on any atom is 0.228 e. The Hall–Kier alpha value is -2.60. The van der Waals surface area contributed by atoms with Crippen molar-refractivity contribution in [3.8, 4) is 11.5 Å². The number of allylic oxidation sites excluding steroid dienone is 1. The molecule has 220 valence electrons. The van der Waals surface area contributed by atoms with Gasteiger partial charge in [0.1, 0.15) is 0 Å². The lowest BCUT2D eigenvalue weighted by Gasteiger charge is -2.19. The lowest BCUT2D eigenvalue weighted by Crippen LogP contribution is -2.18. The number of para-hydroxylation sites is 1. The Morgan fingerprint density at radius 1 is 0.925 bits per heavy atom. The molecule has 0 radical (unpaired) electrons. The molecule has 5 nitrogen and oxygen atoms in total. The number of hydrogen-bond donors (Lipinski definition) is 1. The first kappa shape index (κ1) is 31.9. The molecular formula is C34H50N2O3S. The number of nitrogens with zero attached hydrogens (tertiary/aromatic N) is 1. The van der Waals surface area contributed by atoms with Crippen LogP contribution in [-0.2, 0) is 17.8 Å². The molecule has 2 aromatic rings. The minimum absolute atomic E-state index is 0.0616. The Kier molecular flexibility index (Phi) is 14.9. The zero-order valence-electron chi connectivity index (χ0n) is 25.0. The molecule has 1 amide bonds. The van der Waals surface area contributed by atoms with Crippen LogP contribution in [0.15, 0.2) is 53.6 Å². The molecular weight excluding hydrogens is 516 g/mol. The fourth-order valence-electron chi connectivity index (χ4n) is 5.08. The Bertz CT molecular complexity index is 1060. The van der Waals surface area contributed by atoms with E-state index in [-0.39, 0.29) is 12.3 Å². The molecule has 0 spiro atoms. The van der Waals surface area contributed by atoms with Crippen molar-refractivity contribution >= 4 is 23.4 Å². The van der Waals surface area contributed by atoms with E-state index in [2.05, 4.69) is 41.6 Å². The standard InChI is InChI=1S/C34H50N2O3S/c1-4-5-6-7-8-9-10-11-12-13-14-15-22-39-34-30(19-17-21-32(34)38-3)24-33(37)35-31-20-16-18-29(23-31)25-36-27-40-26-28(36)2/h16-21,23,26H,4-15,22,24-25,27H2,1-3H3,(H,35,37). The monoisotopic (exact) mass is 566 g/mol. The highest BCUT2D eigenvalue weighted by Crippen LogP contribution is 2.32. The Balaban J connectivity index is 1.40. The van der Waals surface area contributed by atoms with Gasteiger partial charge in [-0.3, -0.25) is 4.79 Å². The number of amides is 1. The van der Waals surface area contributed by atoms with Gasteiger partial charge in [0.2, 0.25) is 5.91 Å². The molecule has 0 aromatic heterocycles. The van der Waals surface area contributed by atoms with Crippen LogP contribution in [-0.4, -0.2) is 30.4 Å². The van der Waals surface area contributed by atoms with Crippen molar-refractivity contribution in [1.82, 2.24) is 4.90 Å². The SMILES string of the molecule is CCCCCCCCCCCCCCOc1c(CC(=O)Nc2cccc(CN3CSC=C3C)c2)cccc1OC. The van der Waals surface area contributed by atoms with Crippen LogP contribution in [0.2, 0.25) is 0 Å². The van der Waals surface area contributed by atoms with Crippen LogP contribution >= 0.6 is 11.8 Å². The van der Waals surface area contributed by atoms with Gasteiger partial charge in [-0.1, -0.05) is 102 Å². The van der Waals surface area contributed by atoms with Gasteiger partial charge in [-0.05, 0) is 42.5 Å². The van der Waals surface area contributed by atoms with Gasteiger partial charge in [-0.15, -0.1) is 11.8 Å². The number of ether oxygens (including phenoxy) is 2. The number of carbonyl (C=O) groups is 1. The van der Waals surface area contributed by atoms with Crippen LogP contribution in [0.1, 0.15) is 102 Å². The molecule has 0 saturated heterocycles. The fraction of sp³-hybridized carbons (Fsp3) is 0.559. The maximum absolute atomic E-state index is 13.0. The summed E-state index contributed by atoms with van der Waals surface area (Å²) in [6.07, 6.45) is 16.0. The van der Waals surface area contributed by atoms with Crippen LogP contribution in [0.5, 0.6) is 11.5 Å². The Labute approximate surface area is 247 Å². The van der Waals surface area contributed by atoms with Gasteiger partial charge in [-0.25, -0.2) is 0 Å². The highest BCUT2D eigenvalue weighted by atomic mass is 32.2. The molecule has 2 aromatic carbocycles. The van der Waals surface area contributed by atoms with Crippen molar-refractivity contribution in [1.29, 1.82) is 0 Å². The second kappa shape index (κ2) is 18.7. The van der Waals surface area contributed by atoms with E-state index in [1.165, 1.54) is 81.9 Å². The van der Waals surface area contributed by atoms with Gasteiger partial charge in [-0.2, -0.15) is 0 Å². The van der Waals surface area contributed by atoms with E-state index in [0.717, 1.165) is 30.1 Å². The summed E-state index contributed by atoms with van der Waals surface area (Å²) < 4.78 is 11.8. The van der Waals surface area contributed by atoms with E-state index in [9.17, 15) is 4.79 Å². The van der Waals surface area contributed by atoms with E-state index in [0.29, 0.717) is 18.1 Å². The summed E-state index contributed by atoms with van der Waals surface area (Å²) in [5.41, 5.74) is 4.13. The van der Waals surface area contributed by atoms with Gasteiger partial charge in [0.25, 0.3) is 0 Å². The third-order valence-electron chi connectivity index (χ3n) is 7.44. The van der Waals surface area contributed by atoms with Crippen molar-refractivity contribution in [3.63, 3.8) is 0 Å². The molecule has 40 heavy (non-hydrogen) atoms. The predicted octanol–water partition coefficient (Wildman–Crippen LogP) is 9.32. The summed E-state index contributed by atoms with van der Waals surface area (Å²) in [4.78, 5) is 15.3. The van der Waals surface area contributed by atoms with Crippen molar-refractivity contribution in [3.05, 3.63) is 64.7 Å². The molecule has 0 aliphatic carbocycles. The van der Waals surface area contributed by atoms with Gasteiger partial charge < -0.3 is 19.7 Å². The predicted molar refractivity (Wildman–Crippen MR) is 170 cm³/mol. The number of methoxy groups -OCH3 is 1. The lowest BCUT2D eigenvalue weighted by molar-refractivity contribution is -0.115. The number of rotatable bonds is 20. The summed E-state index contributed by atoms with van der Waals surface area (Å²) in [7, 11) is 1.65. The number of hydrogen-bond acceptors (Lipinski definition) is 5. The van der Waals surface area contributed by atoms with E-state index in [1.807, 2.05) is 42.1 Å². The quantitative estimate of drug-likeness (QED) is 0.162. The summed E-state index contributed by atoms with van der Waals surface area (Å²) >= 11 is 1.82. The first-order valence-electron chi connectivity index (χ1n) is 15.3. The molecule has 3 rings (SSSR count). The number of unbranched alkanes of at least 4 members (excludes halogenated alkanes) is 11. The highest BCUT2D eigenvalue weighted by Gasteiger charge is 2.15. The van der Waals surface area contributed by atoms with Gasteiger partial charge in [0, 0.05) is 23.5 Å². The average molecular weight is 567 g/mol. The summed E-state index contributed by atoms with van der Waals surface area (Å²) in [6, 6.07) is 13.9. The normalized spacial score (nSPS) is 12.9. The average Bonchev–Trinajstić information content (AvgIpc) is 3.35. The van der Waals surface area contributed by atoms with Crippen molar-refractivity contribution in [2.45, 2.75) is 104 Å². The van der Waals surface area contributed by atoms with Crippen LogP contribution in [0, 0.1) is 0 Å². The summed E-state index contributed by atoms with van der Waals surface area (Å²) in [6.45, 7) is 5.88. The number of thioether (sulfide) groups is 1. The molecule has 1 aliphatic heterocycles. The summed E-state index contributed by atoms with van der Waals surface area (Å²) in [5.74, 6) is 2.28. The minimum atomic E-state index is -0.0616. The van der Waals surface area contributed by atoms with E-state index >= 15 is 0 Å². The second-order valence-electron chi connectivity index (χ2n) is 10.9. The van der Waals surface area contributed by atoms with E-state index < -0.39 is 0 Å². The molecule has 6 heteroatoms. The topological polar surface area (TPSA) is 50.8 Å². The highest BCUT2D eigenvalue weighted by molar-refractivity contribution is 8.02. The van der Waals surface area contributed by atoms with Gasteiger partial charge >= 0.3 is 0 Å². The largest absolute Gasteiger partial charge is 0.493 e. The first-order chi connectivity index (χ1) is 19.6. The number of benzene rings is 2. The van der Waals surface area contributed by atoms with Crippen LogP contribution in [0.25, 0.3) is 0 Å². The zero-order valence-corrected chi connectivity index (χ0v) is 25.8. The van der Waals surface area contributed by atoms with Gasteiger partial charge in [0.15, 0.2) is 11.5 Å². The minimum Gasteiger partial charge on any atom is -0.493 e. The number of carbonyl (C=O) groups excluding carboxylic acids is 1. The molecule has 0 fully saturated rings. The van der Waals surface area contributed by atoms with E-state index in [4.69, 9.17) is 9.47 Å². The van der Waals surface area contributed by atoms with Crippen LogP contribution < -0.4 is 14.8 Å².